The molecule has 0 aliphatic heterocycles. The van der Waals surface area contributed by atoms with Crippen molar-refractivity contribution < 1.29 is 4.74 Å². The summed E-state index contributed by atoms with van der Waals surface area (Å²) in [6, 6.07) is 18.0. The lowest BCUT2D eigenvalue weighted by atomic mass is 10.2. The van der Waals surface area contributed by atoms with Gasteiger partial charge >= 0.3 is 0 Å². The van der Waals surface area contributed by atoms with E-state index >= 15 is 0 Å². The molecule has 0 radical (unpaired) electrons. The van der Waals surface area contributed by atoms with Crippen LogP contribution >= 0.6 is 11.3 Å². The molecule has 4 nitrogen and oxygen atoms in total. The highest BCUT2D eigenvalue weighted by atomic mass is 32.1. The minimum atomic E-state index is 0.532. The quantitative estimate of drug-likeness (QED) is 0.520. The summed E-state index contributed by atoms with van der Waals surface area (Å²) in [5.74, 6) is 0.804. The summed E-state index contributed by atoms with van der Waals surface area (Å²) in [6.45, 7) is 4.58. The summed E-state index contributed by atoms with van der Waals surface area (Å²) in [4.78, 5) is 5.60. The number of aromatic nitrogens is 1. The lowest BCUT2D eigenvalue weighted by molar-refractivity contribution is 0.306. The van der Waals surface area contributed by atoms with Gasteiger partial charge in [-0.05, 0) is 31.5 Å². The van der Waals surface area contributed by atoms with Gasteiger partial charge in [0.2, 0.25) is 5.13 Å². The number of para-hydroxylation sites is 1. The molecule has 3 aromatic rings. The van der Waals surface area contributed by atoms with Crippen LogP contribution in [0.15, 0.2) is 59.7 Å². The summed E-state index contributed by atoms with van der Waals surface area (Å²) in [7, 11) is 0. The molecule has 0 aliphatic carbocycles. The normalized spacial score (nSPS) is 10.9. The van der Waals surface area contributed by atoms with Crippen LogP contribution in [-0.2, 0) is 6.61 Å². The number of anilines is 1. The van der Waals surface area contributed by atoms with Gasteiger partial charge < -0.3 is 4.74 Å². The lowest BCUT2D eigenvalue weighted by Crippen LogP contribution is -1.99. The van der Waals surface area contributed by atoms with Crippen LogP contribution in [0.2, 0.25) is 0 Å². The molecular weight excluding hydrogens is 318 g/mol. The van der Waals surface area contributed by atoms with Crippen molar-refractivity contribution in [3.05, 3.63) is 76.3 Å². The number of hydrogen-bond donors (Lipinski definition) is 1. The Hall–Kier alpha value is -2.66. The Morgan fingerprint density at radius 1 is 1.08 bits per heavy atom. The van der Waals surface area contributed by atoms with Gasteiger partial charge in [0, 0.05) is 10.4 Å². The Morgan fingerprint density at radius 2 is 1.83 bits per heavy atom. The Labute approximate surface area is 145 Å². The summed E-state index contributed by atoms with van der Waals surface area (Å²) in [5, 5.41) is 5.07. The van der Waals surface area contributed by atoms with Crippen LogP contribution in [0.1, 0.15) is 21.7 Å². The fourth-order valence-corrected chi connectivity index (χ4v) is 2.90. The molecule has 0 unspecified atom stereocenters. The van der Waals surface area contributed by atoms with E-state index in [4.69, 9.17) is 4.74 Å². The van der Waals surface area contributed by atoms with E-state index in [2.05, 4.69) is 22.4 Å². The average Bonchev–Trinajstić information content (AvgIpc) is 2.93. The Kier molecular flexibility index (Phi) is 5.23. The molecule has 0 spiro atoms. The fraction of sp³-hybridized carbons (Fsp3) is 0.158. The van der Waals surface area contributed by atoms with Gasteiger partial charge in [0.05, 0.1) is 11.9 Å². The monoisotopic (exact) mass is 337 g/mol. The molecule has 0 saturated carbocycles. The first kappa shape index (κ1) is 16.2. The minimum absolute atomic E-state index is 0.532. The van der Waals surface area contributed by atoms with Crippen molar-refractivity contribution in [2.75, 3.05) is 5.43 Å². The standard InChI is InChI=1S/C19H19N3OS/c1-14-15(2)24-19(21-14)22-20-12-17-10-6-7-11-18(17)23-13-16-8-4-3-5-9-16/h3-12H,13H2,1-2H3,(H,21,22)/b20-12-. The number of thiazole rings is 1. The van der Waals surface area contributed by atoms with Crippen LogP contribution in [-0.4, -0.2) is 11.2 Å². The number of rotatable bonds is 6. The van der Waals surface area contributed by atoms with Crippen molar-refractivity contribution in [3.63, 3.8) is 0 Å². The molecule has 122 valence electrons. The molecule has 0 aliphatic rings. The van der Waals surface area contributed by atoms with E-state index < -0.39 is 0 Å². The minimum Gasteiger partial charge on any atom is -0.488 e. The van der Waals surface area contributed by atoms with Gasteiger partial charge in [-0.2, -0.15) is 5.10 Å². The first-order valence-corrected chi connectivity index (χ1v) is 8.53. The maximum Gasteiger partial charge on any atom is 0.203 e. The molecule has 0 atom stereocenters. The molecular formula is C19H19N3OS. The summed E-state index contributed by atoms with van der Waals surface area (Å²) >= 11 is 1.59. The first-order valence-electron chi connectivity index (χ1n) is 7.71. The number of nitrogens with one attached hydrogen (secondary N) is 1. The predicted octanol–water partition coefficient (Wildman–Crippen LogP) is 4.78. The molecule has 24 heavy (non-hydrogen) atoms. The predicted molar refractivity (Wildman–Crippen MR) is 100 cm³/mol. The second kappa shape index (κ2) is 7.75. The second-order valence-electron chi connectivity index (χ2n) is 5.34. The van der Waals surface area contributed by atoms with Gasteiger partial charge in [-0.1, -0.05) is 42.5 Å². The molecule has 0 amide bonds. The van der Waals surface area contributed by atoms with Crippen molar-refractivity contribution >= 4 is 22.7 Å². The molecule has 1 heterocycles. The summed E-state index contributed by atoms with van der Waals surface area (Å²) < 4.78 is 5.92. The van der Waals surface area contributed by atoms with Crippen molar-refractivity contribution in [1.29, 1.82) is 0 Å². The third-order valence-corrected chi connectivity index (χ3v) is 4.53. The van der Waals surface area contributed by atoms with Crippen LogP contribution in [0.3, 0.4) is 0 Å². The van der Waals surface area contributed by atoms with Crippen LogP contribution in [0.4, 0.5) is 5.13 Å². The highest BCUT2D eigenvalue weighted by Crippen LogP contribution is 2.21. The SMILES string of the molecule is Cc1nc(N/N=C\c2ccccc2OCc2ccccc2)sc1C. The maximum absolute atomic E-state index is 5.92. The van der Waals surface area contributed by atoms with Crippen molar-refractivity contribution in [2.24, 2.45) is 5.10 Å². The van der Waals surface area contributed by atoms with Crippen molar-refractivity contribution in [2.45, 2.75) is 20.5 Å². The van der Waals surface area contributed by atoms with E-state index in [-0.39, 0.29) is 0 Å². The number of hydrogen-bond acceptors (Lipinski definition) is 5. The second-order valence-corrected chi connectivity index (χ2v) is 6.55. The number of hydrazone groups is 1. The van der Waals surface area contributed by atoms with E-state index in [9.17, 15) is 0 Å². The summed E-state index contributed by atoms with van der Waals surface area (Å²) in [6.07, 6.45) is 1.76. The maximum atomic E-state index is 5.92. The molecule has 3 rings (SSSR count). The Morgan fingerprint density at radius 3 is 2.58 bits per heavy atom. The molecule has 0 fully saturated rings. The topological polar surface area (TPSA) is 46.5 Å². The highest BCUT2D eigenvalue weighted by Gasteiger charge is 2.03. The first-order chi connectivity index (χ1) is 11.7. The van der Waals surface area contributed by atoms with Gasteiger partial charge in [-0.25, -0.2) is 4.98 Å². The number of aryl methyl sites for hydroxylation is 2. The van der Waals surface area contributed by atoms with Crippen LogP contribution in [0, 0.1) is 13.8 Å². The number of benzene rings is 2. The van der Waals surface area contributed by atoms with E-state index in [0.717, 1.165) is 27.7 Å². The van der Waals surface area contributed by atoms with E-state index in [1.54, 1.807) is 17.6 Å². The molecule has 0 bridgehead atoms. The molecule has 1 aromatic heterocycles. The Balaban J connectivity index is 1.66. The smallest absolute Gasteiger partial charge is 0.203 e. The molecule has 1 N–H and O–H groups in total. The molecule has 5 heteroatoms. The number of ether oxygens (including phenoxy) is 1. The third-order valence-electron chi connectivity index (χ3n) is 3.55. The third kappa shape index (κ3) is 4.20. The van der Waals surface area contributed by atoms with E-state index in [1.807, 2.05) is 61.5 Å². The lowest BCUT2D eigenvalue weighted by Gasteiger charge is -2.08. The van der Waals surface area contributed by atoms with Crippen molar-refractivity contribution in [3.8, 4) is 5.75 Å². The van der Waals surface area contributed by atoms with E-state index in [1.165, 1.54) is 4.88 Å². The summed E-state index contributed by atoms with van der Waals surface area (Å²) in [5.41, 5.74) is 6.07. The molecule has 2 aromatic carbocycles. The Bertz CT molecular complexity index is 808. The van der Waals surface area contributed by atoms with Crippen molar-refractivity contribution in [1.82, 2.24) is 4.98 Å². The van der Waals surface area contributed by atoms with Crippen LogP contribution in [0.5, 0.6) is 5.75 Å². The number of nitrogens with zero attached hydrogens (tertiary/aromatic N) is 2. The zero-order chi connectivity index (χ0) is 16.8. The highest BCUT2D eigenvalue weighted by molar-refractivity contribution is 7.15. The van der Waals surface area contributed by atoms with Gasteiger partial charge in [-0.15, -0.1) is 11.3 Å². The van der Waals surface area contributed by atoms with Crippen LogP contribution in [0.25, 0.3) is 0 Å². The van der Waals surface area contributed by atoms with Gasteiger partial charge in [0.25, 0.3) is 0 Å². The van der Waals surface area contributed by atoms with Crippen LogP contribution < -0.4 is 10.2 Å². The zero-order valence-corrected chi connectivity index (χ0v) is 14.5. The zero-order valence-electron chi connectivity index (χ0n) is 13.7. The largest absolute Gasteiger partial charge is 0.488 e. The average molecular weight is 337 g/mol. The van der Waals surface area contributed by atoms with E-state index in [0.29, 0.717) is 6.61 Å². The fourth-order valence-electron chi connectivity index (χ4n) is 2.13. The van der Waals surface area contributed by atoms with Gasteiger partial charge in [0.1, 0.15) is 12.4 Å². The van der Waals surface area contributed by atoms with Gasteiger partial charge in [-0.3, -0.25) is 5.43 Å². The molecule has 0 saturated heterocycles. The van der Waals surface area contributed by atoms with Gasteiger partial charge in [0.15, 0.2) is 0 Å².